The van der Waals surface area contributed by atoms with Gasteiger partial charge in [0.1, 0.15) is 17.0 Å². The van der Waals surface area contributed by atoms with Gasteiger partial charge < -0.3 is 5.32 Å². The zero-order valence-corrected chi connectivity index (χ0v) is 19.8. The molecule has 1 aliphatic carbocycles. The molecule has 2 aliphatic rings. The van der Waals surface area contributed by atoms with Gasteiger partial charge in [-0.05, 0) is 61.8 Å². The highest BCUT2D eigenvalue weighted by molar-refractivity contribution is 7.19. The Hall–Kier alpha value is -1.91. The molecule has 5 nitrogen and oxygen atoms in total. The van der Waals surface area contributed by atoms with Gasteiger partial charge in [0.05, 0.1) is 17.0 Å². The Bertz CT molecular complexity index is 1070. The highest BCUT2D eigenvalue weighted by atomic mass is 35.5. The molecule has 0 amide bonds. The first-order valence-electron chi connectivity index (χ1n) is 10.5. The lowest BCUT2D eigenvalue weighted by Crippen LogP contribution is -2.38. The van der Waals surface area contributed by atoms with E-state index in [2.05, 4.69) is 32.3 Å². The number of hydrogen-bond donors (Lipinski definition) is 1. The number of rotatable bonds is 4. The summed E-state index contributed by atoms with van der Waals surface area (Å²) in [6.45, 7) is 3.03. The third-order valence-corrected chi connectivity index (χ3v) is 7.34. The molecule has 2 aromatic heterocycles. The standard InChI is InChI=1S/C23H25N5S.2ClH/c24-13-16-4-3-5-17(12-16)14-28-10-8-18(9-11-28)27-22-21-19-6-1-2-7-20(19)29-23(21)26-15-25-22;;/h3-5,12,15,18H,1-2,6-11,14H2,(H,25,26,27);2*1H. The highest BCUT2D eigenvalue weighted by Crippen LogP contribution is 2.38. The second-order valence-corrected chi connectivity index (χ2v) is 9.20. The van der Waals surface area contributed by atoms with Gasteiger partial charge in [0.25, 0.3) is 0 Å². The van der Waals surface area contributed by atoms with Crippen molar-refractivity contribution in [1.82, 2.24) is 14.9 Å². The first-order valence-corrected chi connectivity index (χ1v) is 11.3. The summed E-state index contributed by atoms with van der Waals surface area (Å²) in [5.41, 5.74) is 3.46. The maximum Gasteiger partial charge on any atom is 0.138 e. The Morgan fingerprint density at radius 3 is 2.74 bits per heavy atom. The summed E-state index contributed by atoms with van der Waals surface area (Å²) >= 11 is 1.86. The molecule has 0 unspecified atom stereocenters. The van der Waals surface area contributed by atoms with E-state index in [0.717, 1.165) is 55.1 Å². The summed E-state index contributed by atoms with van der Waals surface area (Å²) in [4.78, 5) is 14.3. The molecule has 0 saturated carbocycles. The molecule has 164 valence electrons. The molecule has 0 bridgehead atoms. The van der Waals surface area contributed by atoms with Crippen LogP contribution >= 0.6 is 36.2 Å². The second kappa shape index (κ2) is 10.6. The summed E-state index contributed by atoms with van der Waals surface area (Å²) in [7, 11) is 0. The number of halogens is 2. The third kappa shape index (κ3) is 5.12. The van der Waals surface area contributed by atoms with Crippen LogP contribution in [-0.2, 0) is 19.4 Å². The molecule has 3 aromatic rings. The fourth-order valence-corrected chi connectivity index (χ4v) is 5.85. The summed E-state index contributed by atoms with van der Waals surface area (Å²) in [6, 6.07) is 10.6. The van der Waals surface area contributed by atoms with E-state index < -0.39 is 0 Å². The Balaban J connectivity index is 0.00000136. The molecule has 0 spiro atoms. The van der Waals surface area contributed by atoms with Crippen LogP contribution in [0.3, 0.4) is 0 Å². The van der Waals surface area contributed by atoms with E-state index in [1.165, 1.54) is 40.7 Å². The van der Waals surface area contributed by atoms with Gasteiger partial charge in [0.15, 0.2) is 0 Å². The zero-order valence-electron chi connectivity index (χ0n) is 17.3. The van der Waals surface area contributed by atoms with Crippen LogP contribution in [0.1, 0.15) is 47.3 Å². The average molecular weight is 476 g/mol. The summed E-state index contributed by atoms with van der Waals surface area (Å²) < 4.78 is 0. The minimum absolute atomic E-state index is 0. The zero-order chi connectivity index (χ0) is 19.6. The van der Waals surface area contributed by atoms with Gasteiger partial charge in [-0.1, -0.05) is 12.1 Å². The van der Waals surface area contributed by atoms with Crippen molar-refractivity contribution in [2.45, 2.75) is 51.1 Å². The molecule has 1 fully saturated rings. The number of piperidine rings is 1. The number of benzene rings is 1. The van der Waals surface area contributed by atoms with Crippen molar-refractivity contribution in [3.05, 3.63) is 52.2 Å². The van der Waals surface area contributed by atoms with Crippen molar-refractivity contribution in [3.8, 4) is 6.07 Å². The quantitative estimate of drug-likeness (QED) is 0.549. The molecule has 0 radical (unpaired) electrons. The molecule has 31 heavy (non-hydrogen) atoms. The number of anilines is 1. The molecule has 3 heterocycles. The first-order chi connectivity index (χ1) is 14.3. The number of likely N-dealkylation sites (tertiary alicyclic amines) is 1. The second-order valence-electron chi connectivity index (χ2n) is 8.12. The Morgan fingerprint density at radius 2 is 1.94 bits per heavy atom. The number of fused-ring (bicyclic) bond motifs is 3. The topological polar surface area (TPSA) is 64.8 Å². The lowest BCUT2D eigenvalue weighted by atomic mass is 9.96. The van der Waals surface area contributed by atoms with E-state index >= 15 is 0 Å². The number of aromatic nitrogens is 2. The van der Waals surface area contributed by atoms with Crippen LogP contribution in [0, 0.1) is 11.3 Å². The highest BCUT2D eigenvalue weighted by Gasteiger charge is 2.23. The van der Waals surface area contributed by atoms with Crippen LogP contribution in [-0.4, -0.2) is 34.0 Å². The summed E-state index contributed by atoms with van der Waals surface area (Å²) in [5, 5.41) is 14.1. The fourth-order valence-electron chi connectivity index (χ4n) is 4.63. The third-order valence-electron chi connectivity index (χ3n) is 6.14. The number of nitrogens with zero attached hydrogens (tertiary/aromatic N) is 4. The van der Waals surface area contributed by atoms with Crippen LogP contribution in [0.25, 0.3) is 10.2 Å². The van der Waals surface area contributed by atoms with E-state index in [4.69, 9.17) is 5.26 Å². The minimum Gasteiger partial charge on any atom is -0.367 e. The van der Waals surface area contributed by atoms with Crippen LogP contribution < -0.4 is 5.32 Å². The monoisotopic (exact) mass is 475 g/mol. The predicted molar refractivity (Wildman–Crippen MR) is 132 cm³/mol. The number of thiophene rings is 1. The summed E-state index contributed by atoms with van der Waals surface area (Å²) in [6.07, 6.45) is 8.86. The predicted octanol–water partition coefficient (Wildman–Crippen LogP) is 5.36. The minimum atomic E-state index is 0. The van der Waals surface area contributed by atoms with Crippen molar-refractivity contribution in [2.75, 3.05) is 18.4 Å². The number of aryl methyl sites for hydroxylation is 2. The van der Waals surface area contributed by atoms with Gasteiger partial charge in [-0.3, -0.25) is 4.90 Å². The van der Waals surface area contributed by atoms with E-state index in [1.807, 2.05) is 29.5 Å². The number of nitriles is 1. The SMILES string of the molecule is Cl.Cl.N#Cc1cccc(CN2CCC(Nc3ncnc4sc5c(c34)CCCC5)CC2)c1. The molecule has 5 rings (SSSR count). The van der Waals surface area contributed by atoms with Gasteiger partial charge >= 0.3 is 0 Å². The smallest absolute Gasteiger partial charge is 0.138 e. The maximum absolute atomic E-state index is 9.09. The number of nitrogens with one attached hydrogen (secondary N) is 1. The molecule has 0 atom stereocenters. The lowest BCUT2D eigenvalue weighted by Gasteiger charge is -2.32. The largest absolute Gasteiger partial charge is 0.367 e. The van der Waals surface area contributed by atoms with Gasteiger partial charge in [-0.25, -0.2) is 9.97 Å². The summed E-state index contributed by atoms with van der Waals surface area (Å²) in [5.74, 6) is 1.04. The van der Waals surface area contributed by atoms with E-state index in [0.29, 0.717) is 6.04 Å². The molecular weight excluding hydrogens is 449 g/mol. The molecule has 1 N–H and O–H groups in total. The molecule has 1 aromatic carbocycles. The molecule has 1 saturated heterocycles. The fraction of sp³-hybridized carbons (Fsp3) is 0.435. The lowest BCUT2D eigenvalue weighted by molar-refractivity contribution is 0.211. The molecule has 8 heteroatoms. The van der Waals surface area contributed by atoms with Crippen molar-refractivity contribution < 1.29 is 0 Å². The average Bonchev–Trinajstić information content (AvgIpc) is 3.15. The molecular formula is C23H27Cl2N5S. The Kier molecular flexibility index (Phi) is 8.12. The van der Waals surface area contributed by atoms with Gasteiger partial charge in [0, 0.05) is 30.6 Å². The van der Waals surface area contributed by atoms with E-state index in [-0.39, 0.29) is 24.8 Å². The van der Waals surface area contributed by atoms with Crippen LogP contribution in [0.15, 0.2) is 30.6 Å². The number of hydrogen-bond acceptors (Lipinski definition) is 6. The van der Waals surface area contributed by atoms with Crippen LogP contribution in [0.5, 0.6) is 0 Å². The van der Waals surface area contributed by atoms with Gasteiger partial charge in [-0.2, -0.15) is 5.26 Å². The first kappa shape index (κ1) is 23.7. The van der Waals surface area contributed by atoms with E-state index in [9.17, 15) is 0 Å². The normalized spacial score (nSPS) is 16.6. The van der Waals surface area contributed by atoms with Gasteiger partial charge in [0.2, 0.25) is 0 Å². The van der Waals surface area contributed by atoms with Gasteiger partial charge in [-0.15, -0.1) is 36.2 Å². The Morgan fingerprint density at radius 1 is 1.13 bits per heavy atom. The molecule has 1 aliphatic heterocycles. The van der Waals surface area contributed by atoms with Crippen molar-refractivity contribution in [3.63, 3.8) is 0 Å². The van der Waals surface area contributed by atoms with Crippen LogP contribution in [0.2, 0.25) is 0 Å². The maximum atomic E-state index is 9.09. The van der Waals surface area contributed by atoms with Crippen molar-refractivity contribution in [2.24, 2.45) is 0 Å². The van der Waals surface area contributed by atoms with E-state index in [1.54, 1.807) is 6.33 Å². The Labute approximate surface area is 199 Å². The van der Waals surface area contributed by atoms with Crippen LogP contribution in [0.4, 0.5) is 5.82 Å². The van der Waals surface area contributed by atoms with Crippen molar-refractivity contribution >= 4 is 52.2 Å². The van der Waals surface area contributed by atoms with Crippen molar-refractivity contribution in [1.29, 1.82) is 5.26 Å².